The third kappa shape index (κ3) is 2.72. The van der Waals surface area contributed by atoms with E-state index in [4.69, 9.17) is 4.55 Å². The number of rotatable bonds is 3. The summed E-state index contributed by atoms with van der Waals surface area (Å²) in [6.07, 6.45) is 0. The highest BCUT2D eigenvalue weighted by atomic mass is 79.9. The molecule has 0 spiro atoms. The molecule has 5 heteroatoms. The number of hydrogen-bond acceptors (Lipinski definition) is 2. The smallest absolute Gasteiger partial charge is 0.186 e. The zero-order valence-electron chi connectivity index (χ0n) is 6.57. The molecule has 3 nitrogen and oxygen atoms in total. The van der Waals surface area contributed by atoms with E-state index in [1.807, 2.05) is 0 Å². The van der Waals surface area contributed by atoms with E-state index in [0.29, 0.717) is 10.5 Å². The second kappa shape index (κ2) is 4.64. The normalized spacial score (nSPS) is 12.5. The SMILES string of the molecule is O=C(CBr)[13c]1[13cH][13cH][13c](S(=O)O)[13cH][13cH]1. The van der Waals surface area contributed by atoms with Crippen LogP contribution >= 0.6 is 15.9 Å². The lowest BCUT2D eigenvalue weighted by Gasteiger charge is -1.97. The van der Waals surface area contributed by atoms with E-state index < -0.39 is 11.1 Å². The van der Waals surface area contributed by atoms with Gasteiger partial charge in [-0.15, -0.1) is 0 Å². The van der Waals surface area contributed by atoms with Crippen LogP contribution in [0.3, 0.4) is 0 Å². The van der Waals surface area contributed by atoms with Gasteiger partial charge in [-0.3, -0.25) is 4.79 Å². The fourth-order valence-corrected chi connectivity index (χ4v) is 1.53. The molecule has 1 aromatic carbocycles. The zero-order chi connectivity index (χ0) is 9.84. The molecule has 1 N–H and O–H groups in total. The van der Waals surface area contributed by atoms with Gasteiger partial charge in [-0.05, 0) is 12.1 Å². The molecular formula is C8H7BrO3S. The van der Waals surface area contributed by atoms with Gasteiger partial charge in [-0.25, -0.2) is 4.21 Å². The molecule has 1 atom stereocenters. The summed E-state index contributed by atoms with van der Waals surface area (Å²) >= 11 is 1.06. The average molecular weight is 269 g/mol. The summed E-state index contributed by atoms with van der Waals surface area (Å²) in [6.45, 7) is 0. The predicted octanol–water partition coefficient (Wildman–Crippen LogP) is 1.84. The Morgan fingerprint density at radius 2 is 1.92 bits per heavy atom. The van der Waals surface area contributed by atoms with Crippen LogP contribution in [0, 0.1) is 0 Å². The summed E-state index contributed by atoms with van der Waals surface area (Å²) < 4.78 is 19.3. The third-order valence-electron chi connectivity index (χ3n) is 1.50. The van der Waals surface area contributed by atoms with Crippen molar-refractivity contribution in [1.82, 2.24) is 0 Å². The average Bonchev–Trinajstić information content (AvgIpc) is 2.17. The monoisotopic (exact) mass is 268 g/mol. The summed E-state index contributed by atoms with van der Waals surface area (Å²) in [4.78, 5) is 11.4. The molecule has 0 fully saturated rings. The highest BCUT2D eigenvalue weighted by Crippen LogP contribution is 2.08. The summed E-state index contributed by atoms with van der Waals surface area (Å²) in [7, 11) is 0. The third-order valence-corrected chi connectivity index (χ3v) is 2.68. The number of ketones is 1. The van der Waals surface area contributed by atoms with E-state index in [9.17, 15) is 9.00 Å². The quantitative estimate of drug-likeness (QED) is 0.517. The lowest BCUT2D eigenvalue weighted by molar-refractivity contribution is 0.102. The summed E-state index contributed by atoms with van der Waals surface area (Å²) in [5.74, 6) is -0.0460. The van der Waals surface area contributed by atoms with E-state index in [0.717, 1.165) is 0 Å². The Hall–Kier alpha value is -0.520. The van der Waals surface area contributed by atoms with Crippen LogP contribution in [0.25, 0.3) is 0 Å². The Labute approximate surface area is 86.6 Å². The summed E-state index contributed by atoms with van der Waals surface area (Å²) in [6, 6.07) is 6.00. The minimum Gasteiger partial charge on any atom is -0.302 e. The molecule has 0 saturated heterocycles. The largest absolute Gasteiger partial charge is 0.302 e. The number of carbonyl (C=O) groups excluding carboxylic acids is 1. The van der Waals surface area contributed by atoms with Crippen LogP contribution in [0.5, 0.6) is 0 Å². The highest BCUT2D eigenvalue weighted by molar-refractivity contribution is 9.09. The van der Waals surface area contributed by atoms with Gasteiger partial charge >= 0.3 is 0 Å². The van der Waals surface area contributed by atoms with Crippen molar-refractivity contribution in [2.24, 2.45) is 0 Å². The van der Waals surface area contributed by atoms with Crippen LogP contribution in [-0.2, 0) is 11.1 Å². The first-order valence-corrected chi connectivity index (χ1v) is 5.68. The number of carbonyl (C=O) groups is 1. The number of Topliss-reactive ketones (excluding diaryl/α,β-unsaturated/α-hetero) is 1. The molecular weight excluding hydrogens is 262 g/mol. The van der Waals surface area contributed by atoms with Crippen LogP contribution in [0.15, 0.2) is 29.2 Å². The number of alkyl halides is 1. The van der Waals surface area contributed by atoms with Crippen LogP contribution < -0.4 is 0 Å². The molecule has 0 bridgehead atoms. The molecule has 0 aliphatic carbocycles. The minimum absolute atomic E-state index is 0.0460. The van der Waals surface area contributed by atoms with E-state index in [1.54, 1.807) is 0 Å². The maximum Gasteiger partial charge on any atom is 0.186 e. The van der Waals surface area contributed by atoms with Crippen molar-refractivity contribution in [2.45, 2.75) is 4.90 Å². The predicted molar refractivity (Wildman–Crippen MR) is 53.6 cm³/mol. The lowest BCUT2D eigenvalue weighted by Crippen LogP contribution is -1.99. The van der Waals surface area contributed by atoms with Gasteiger partial charge in [0.1, 0.15) is 0 Å². The number of hydrogen-bond donors (Lipinski definition) is 1. The topological polar surface area (TPSA) is 54.4 Å². The summed E-state index contributed by atoms with van der Waals surface area (Å²) in [5.41, 5.74) is 0.533. The van der Waals surface area contributed by atoms with Gasteiger partial charge < -0.3 is 4.55 Å². The summed E-state index contributed by atoms with van der Waals surface area (Å²) in [5, 5.41) is 0.258. The van der Waals surface area contributed by atoms with E-state index >= 15 is 0 Å². The Balaban J connectivity index is 2.93. The fraction of sp³-hybridized carbons (Fsp3) is 0.125. The Morgan fingerprint density at radius 3 is 2.31 bits per heavy atom. The molecule has 0 heterocycles. The van der Waals surface area contributed by atoms with Crippen LogP contribution in [0.2, 0.25) is 0 Å². The van der Waals surface area contributed by atoms with E-state index in [2.05, 4.69) is 15.9 Å². The van der Waals surface area contributed by atoms with Crippen molar-refractivity contribution in [3.8, 4) is 0 Å². The van der Waals surface area contributed by atoms with Crippen molar-refractivity contribution in [3.05, 3.63) is 29.8 Å². The van der Waals surface area contributed by atoms with Crippen molar-refractivity contribution in [2.75, 3.05) is 5.33 Å². The van der Waals surface area contributed by atoms with Gasteiger partial charge in [0.2, 0.25) is 0 Å². The Bertz CT molecular complexity index is 334. The van der Waals surface area contributed by atoms with Crippen molar-refractivity contribution in [3.63, 3.8) is 0 Å². The molecule has 0 aliphatic heterocycles. The fourth-order valence-electron chi connectivity index (χ4n) is 0.834. The van der Waals surface area contributed by atoms with Gasteiger partial charge in [0.25, 0.3) is 0 Å². The van der Waals surface area contributed by atoms with Crippen LogP contribution in [-0.4, -0.2) is 19.9 Å². The first-order valence-electron chi connectivity index (χ1n) is 3.45. The molecule has 13 heavy (non-hydrogen) atoms. The Morgan fingerprint density at radius 1 is 1.38 bits per heavy atom. The van der Waals surface area contributed by atoms with Gasteiger partial charge in [0.15, 0.2) is 16.9 Å². The molecule has 0 radical (unpaired) electrons. The molecule has 0 aliphatic rings. The van der Waals surface area contributed by atoms with Gasteiger partial charge in [-0.2, -0.15) is 0 Å². The van der Waals surface area contributed by atoms with Gasteiger partial charge in [0.05, 0.1) is 10.2 Å². The van der Waals surface area contributed by atoms with Crippen molar-refractivity contribution in [1.29, 1.82) is 0 Å². The molecule has 0 saturated carbocycles. The van der Waals surface area contributed by atoms with Crippen LogP contribution in [0.4, 0.5) is 0 Å². The van der Waals surface area contributed by atoms with Crippen molar-refractivity contribution < 1.29 is 13.6 Å². The number of benzene rings is 1. The van der Waals surface area contributed by atoms with E-state index in [-0.39, 0.29) is 11.1 Å². The Kier molecular flexibility index (Phi) is 3.77. The number of halogens is 1. The maximum atomic E-state index is 11.1. The molecule has 1 unspecified atom stereocenters. The van der Waals surface area contributed by atoms with Crippen molar-refractivity contribution >= 4 is 32.8 Å². The standard InChI is InChI=1S/C8H7BrO3S/c9-5-8(10)6-1-3-7(4-2-6)13(11)12/h1-4H,5H2,(H,11,12)/i1+1,2+1,3+1,4+1,6+1,7+1. The highest BCUT2D eigenvalue weighted by Gasteiger charge is 2.04. The van der Waals surface area contributed by atoms with Gasteiger partial charge in [-0.1, -0.05) is 28.1 Å². The minimum atomic E-state index is -1.98. The maximum absolute atomic E-state index is 11.1. The molecule has 1 aromatic rings. The first kappa shape index (κ1) is 10.6. The first-order chi connectivity index (χ1) is 6.15. The molecule has 0 aromatic heterocycles. The molecule has 70 valence electrons. The second-order valence-corrected chi connectivity index (χ2v) is 3.86. The lowest BCUT2D eigenvalue weighted by atomic mass is 10.6. The van der Waals surface area contributed by atoms with E-state index in [1.165, 1.54) is 24.3 Å². The van der Waals surface area contributed by atoms with Gasteiger partial charge in [0, 0.05) is 5.56 Å². The zero-order valence-corrected chi connectivity index (χ0v) is 8.97. The molecule has 0 amide bonds. The second-order valence-electron chi connectivity index (χ2n) is 2.33. The van der Waals surface area contributed by atoms with Crippen LogP contribution in [0.1, 0.15) is 10.4 Å². The molecule has 1 rings (SSSR count).